The lowest BCUT2D eigenvalue weighted by molar-refractivity contribution is -0.124. The number of anilines is 1. The van der Waals surface area contributed by atoms with E-state index in [2.05, 4.69) is 97.5 Å². The van der Waals surface area contributed by atoms with Gasteiger partial charge in [-0.1, -0.05) is 50.8 Å². The first-order chi connectivity index (χ1) is 25.2. The van der Waals surface area contributed by atoms with Crippen molar-refractivity contribution < 1.29 is 9.53 Å². The number of amides is 1. The fourth-order valence-electron chi connectivity index (χ4n) is 8.85. The number of methoxy groups -OCH3 is 1. The molecule has 7 rings (SSSR count). The van der Waals surface area contributed by atoms with E-state index in [0.29, 0.717) is 30.6 Å². The number of carbonyl (C=O) groups is 1. The third kappa shape index (κ3) is 8.84. The van der Waals surface area contributed by atoms with E-state index in [1.807, 2.05) is 18.1 Å². The van der Waals surface area contributed by atoms with Crippen molar-refractivity contribution in [2.24, 2.45) is 11.3 Å². The maximum atomic E-state index is 13.0. The quantitative estimate of drug-likeness (QED) is 0.169. The molecule has 1 aliphatic carbocycles. The molecule has 0 radical (unpaired) electrons. The van der Waals surface area contributed by atoms with E-state index >= 15 is 0 Å². The van der Waals surface area contributed by atoms with Crippen molar-refractivity contribution in [1.29, 1.82) is 0 Å². The summed E-state index contributed by atoms with van der Waals surface area (Å²) in [7, 11) is 6.63. The molecular weight excluding hydrogens is 675 g/mol. The number of hydrogen-bond donors (Lipinski definition) is 0. The molecule has 0 N–H and O–H groups in total. The highest BCUT2D eigenvalue weighted by Gasteiger charge is 2.43. The summed E-state index contributed by atoms with van der Waals surface area (Å²) in [4.78, 5) is 34.3. The van der Waals surface area contributed by atoms with Crippen LogP contribution in [0.4, 0.5) is 5.82 Å². The molecule has 1 amide bonds. The summed E-state index contributed by atoms with van der Waals surface area (Å²) in [6.45, 7) is 19.5. The summed E-state index contributed by atoms with van der Waals surface area (Å²) in [5.41, 5.74) is 8.01. The molecule has 9 heteroatoms. The number of likely N-dealkylation sites (N-methyl/N-ethyl adjacent to an activating group) is 1. The Balaban J connectivity index is 0.000000337. The number of likely N-dealkylation sites (tertiary alicyclic amines) is 1. The van der Waals surface area contributed by atoms with Crippen molar-refractivity contribution in [3.05, 3.63) is 41.1 Å². The smallest absolute Gasteiger partial charge is 0.318 e. The highest BCUT2D eigenvalue weighted by atomic mass is 31.0. The second-order valence-corrected chi connectivity index (χ2v) is 18.3. The molecule has 3 aromatic rings. The molecule has 286 valence electrons. The number of carbonyl (C=O) groups excluding carboxylic acids is 1. The SMILES string of the molecule is CC1CCC2(C)CC(P)CN2C1.CCCCC(C)(C)C#CC(=O)N1CCC(N(C)c2nc(OC)nc3c(C)c(-c4cccc(C)c4C4CC4)ncc23)C1. The summed E-state index contributed by atoms with van der Waals surface area (Å²) in [6.07, 6.45) is 12.7. The van der Waals surface area contributed by atoms with Crippen molar-refractivity contribution in [2.45, 2.75) is 129 Å². The van der Waals surface area contributed by atoms with E-state index < -0.39 is 0 Å². The van der Waals surface area contributed by atoms with Gasteiger partial charge in [0.1, 0.15) is 5.82 Å². The minimum absolute atomic E-state index is 0.0950. The van der Waals surface area contributed by atoms with Gasteiger partial charge in [-0.3, -0.25) is 14.7 Å². The lowest BCUT2D eigenvalue weighted by atomic mass is 9.84. The molecule has 2 aromatic heterocycles. The first kappa shape index (κ1) is 39.4. The third-order valence-electron chi connectivity index (χ3n) is 12.3. The fourth-order valence-corrected chi connectivity index (χ4v) is 9.62. The van der Waals surface area contributed by atoms with Crippen LogP contribution in [0, 0.1) is 37.0 Å². The van der Waals surface area contributed by atoms with Gasteiger partial charge in [0.2, 0.25) is 0 Å². The minimum atomic E-state index is -0.153. The Hall–Kier alpha value is -3.27. The number of benzene rings is 1. The maximum absolute atomic E-state index is 13.0. The normalized spacial score (nSPS) is 24.3. The zero-order valence-electron chi connectivity index (χ0n) is 33.9. The number of aryl methyl sites for hydroxylation is 2. The number of piperidine rings is 1. The van der Waals surface area contributed by atoms with Gasteiger partial charge in [-0.15, -0.1) is 9.24 Å². The Kier molecular flexibility index (Phi) is 12.1. The minimum Gasteiger partial charge on any atom is -0.467 e. The van der Waals surface area contributed by atoms with Crippen LogP contribution in [-0.2, 0) is 4.79 Å². The lowest BCUT2D eigenvalue weighted by Crippen LogP contribution is -2.47. The van der Waals surface area contributed by atoms with Gasteiger partial charge >= 0.3 is 6.01 Å². The molecule has 4 aliphatic rings. The molecule has 0 bridgehead atoms. The number of pyridine rings is 1. The Bertz CT molecular complexity index is 1860. The second kappa shape index (κ2) is 16.2. The molecule has 5 atom stereocenters. The highest BCUT2D eigenvalue weighted by Crippen LogP contribution is 2.47. The van der Waals surface area contributed by atoms with Crippen molar-refractivity contribution in [3.63, 3.8) is 0 Å². The number of unbranched alkanes of at least 4 members (excludes halogenated alkanes) is 1. The van der Waals surface area contributed by atoms with Gasteiger partial charge < -0.3 is 14.5 Å². The standard InChI is InChI=1S/C34H43N5O2.C10H20NP/c1-8-9-17-34(4,5)18-15-28(40)39-19-16-25(21-39)38(6)32-27-20-35-30(23(3)31(27)36-33(37-32)41-7)26-12-10-11-22(2)29(26)24-13-14-24;1-8-3-4-10(2)5-9(12)7-11(10)6-8/h10-12,20,24-25H,8-9,13-14,16-17,19,21H2,1-7H3;8-9H,3-7,12H2,1-2H3. The average molecular weight is 739 g/mol. The molecule has 8 nitrogen and oxygen atoms in total. The largest absolute Gasteiger partial charge is 0.467 e. The summed E-state index contributed by atoms with van der Waals surface area (Å²) in [6, 6.07) is 6.93. The summed E-state index contributed by atoms with van der Waals surface area (Å²) >= 11 is 0. The Labute approximate surface area is 321 Å². The summed E-state index contributed by atoms with van der Waals surface area (Å²) in [5.74, 6) is 8.38. The van der Waals surface area contributed by atoms with Gasteiger partial charge in [0.25, 0.3) is 5.91 Å². The van der Waals surface area contributed by atoms with Crippen molar-refractivity contribution >= 4 is 31.9 Å². The Morgan fingerprint density at radius 3 is 2.62 bits per heavy atom. The fraction of sp³-hybridized carbons (Fsp3) is 0.636. The van der Waals surface area contributed by atoms with Gasteiger partial charge in [0, 0.05) is 67.5 Å². The van der Waals surface area contributed by atoms with Gasteiger partial charge in [0.05, 0.1) is 23.7 Å². The highest BCUT2D eigenvalue weighted by molar-refractivity contribution is 7.17. The van der Waals surface area contributed by atoms with Crippen LogP contribution < -0.4 is 9.64 Å². The van der Waals surface area contributed by atoms with Crippen LogP contribution in [0.3, 0.4) is 0 Å². The predicted molar refractivity (Wildman–Crippen MR) is 222 cm³/mol. The van der Waals surface area contributed by atoms with E-state index in [0.717, 1.165) is 65.2 Å². The average Bonchev–Trinajstić information content (AvgIpc) is 3.75. The number of nitrogens with zero attached hydrogens (tertiary/aromatic N) is 6. The van der Waals surface area contributed by atoms with Crippen LogP contribution >= 0.6 is 9.24 Å². The summed E-state index contributed by atoms with van der Waals surface area (Å²) in [5, 5.41) is 0.886. The van der Waals surface area contributed by atoms with Crippen LogP contribution in [-0.4, -0.2) is 88.2 Å². The van der Waals surface area contributed by atoms with Gasteiger partial charge in [-0.25, -0.2) is 0 Å². The van der Waals surface area contributed by atoms with E-state index in [1.54, 1.807) is 7.11 Å². The monoisotopic (exact) mass is 738 g/mol. The van der Waals surface area contributed by atoms with Crippen LogP contribution in [0.5, 0.6) is 6.01 Å². The third-order valence-corrected chi connectivity index (χ3v) is 12.8. The van der Waals surface area contributed by atoms with E-state index in [1.165, 1.54) is 61.9 Å². The molecule has 3 saturated heterocycles. The van der Waals surface area contributed by atoms with Gasteiger partial charge in [-0.05, 0) is 114 Å². The molecule has 1 saturated carbocycles. The summed E-state index contributed by atoms with van der Waals surface area (Å²) < 4.78 is 5.57. The first-order valence-corrected chi connectivity index (χ1v) is 20.8. The van der Waals surface area contributed by atoms with Gasteiger partial charge in [0.15, 0.2) is 0 Å². The van der Waals surface area contributed by atoms with E-state index in [4.69, 9.17) is 19.7 Å². The molecule has 3 aliphatic heterocycles. The predicted octanol–water partition coefficient (Wildman–Crippen LogP) is 8.58. The number of aromatic nitrogens is 3. The van der Waals surface area contributed by atoms with E-state index in [9.17, 15) is 4.79 Å². The van der Waals surface area contributed by atoms with Crippen LogP contribution in [0.2, 0.25) is 0 Å². The van der Waals surface area contributed by atoms with Crippen LogP contribution in [0.15, 0.2) is 24.4 Å². The zero-order valence-corrected chi connectivity index (χ0v) is 35.0. The Morgan fingerprint density at radius 1 is 1.13 bits per heavy atom. The molecule has 4 fully saturated rings. The number of ether oxygens (including phenoxy) is 1. The van der Waals surface area contributed by atoms with Gasteiger partial charge in [-0.2, -0.15) is 9.97 Å². The van der Waals surface area contributed by atoms with Crippen molar-refractivity contribution in [2.75, 3.05) is 45.2 Å². The molecular formula is C44H63N6O2P. The second-order valence-electron chi connectivity index (χ2n) is 17.4. The number of fused-ring (bicyclic) bond motifs is 2. The van der Waals surface area contributed by atoms with Crippen LogP contribution in [0.1, 0.15) is 115 Å². The molecule has 1 aromatic carbocycles. The lowest BCUT2D eigenvalue weighted by Gasteiger charge is -2.42. The molecule has 53 heavy (non-hydrogen) atoms. The molecule has 5 heterocycles. The Morgan fingerprint density at radius 2 is 1.91 bits per heavy atom. The first-order valence-electron chi connectivity index (χ1n) is 20.1. The van der Waals surface area contributed by atoms with Crippen molar-refractivity contribution in [3.8, 4) is 29.1 Å². The van der Waals surface area contributed by atoms with E-state index in [-0.39, 0.29) is 17.4 Å². The maximum Gasteiger partial charge on any atom is 0.318 e. The topological polar surface area (TPSA) is 74.7 Å². The van der Waals surface area contributed by atoms with Crippen molar-refractivity contribution in [1.82, 2.24) is 24.8 Å². The van der Waals surface area contributed by atoms with Crippen LogP contribution in [0.25, 0.3) is 22.2 Å². The number of rotatable bonds is 8. The zero-order chi connectivity index (χ0) is 38.1. The number of hydrogen-bond acceptors (Lipinski definition) is 7. The molecule has 5 unspecified atom stereocenters. The molecule has 0 spiro atoms.